The van der Waals surface area contributed by atoms with Gasteiger partial charge in [-0.1, -0.05) is 0 Å². The first-order valence-corrected chi connectivity index (χ1v) is 7.92. The van der Waals surface area contributed by atoms with Crippen LogP contribution in [0.3, 0.4) is 0 Å². The van der Waals surface area contributed by atoms with Crippen LogP contribution in [-0.4, -0.2) is 51.2 Å². The zero-order valence-corrected chi connectivity index (χ0v) is 14.1. The van der Waals surface area contributed by atoms with Gasteiger partial charge in [0.15, 0.2) is 0 Å². The van der Waals surface area contributed by atoms with Crippen molar-refractivity contribution in [1.82, 2.24) is 19.7 Å². The molecule has 1 atom stereocenters. The first-order valence-electron chi connectivity index (χ1n) is 7.92. The Morgan fingerprint density at radius 2 is 2.17 bits per heavy atom. The Balaban J connectivity index is 1.77. The van der Waals surface area contributed by atoms with E-state index in [4.69, 9.17) is 0 Å². The van der Waals surface area contributed by atoms with Gasteiger partial charge in [-0.15, -0.1) is 0 Å². The van der Waals surface area contributed by atoms with Gasteiger partial charge in [0, 0.05) is 44.6 Å². The van der Waals surface area contributed by atoms with Crippen LogP contribution < -0.4 is 4.90 Å². The molecule has 2 aromatic rings. The largest absolute Gasteiger partial charge is 0.352 e. The summed E-state index contributed by atoms with van der Waals surface area (Å²) in [6, 6.07) is 5.87. The fourth-order valence-electron chi connectivity index (χ4n) is 3.02. The highest BCUT2D eigenvalue weighted by Crippen LogP contribution is 2.22. The van der Waals surface area contributed by atoms with E-state index in [0.717, 1.165) is 5.69 Å². The Kier molecular flexibility index (Phi) is 4.21. The topological polar surface area (TPSA) is 78.0 Å². The summed E-state index contributed by atoms with van der Waals surface area (Å²) in [5.74, 6) is 0.700. The summed E-state index contributed by atoms with van der Waals surface area (Å²) >= 11 is 0. The molecule has 1 aliphatic heterocycles. The maximum atomic E-state index is 12.6. The lowest BCUT2D eigenvalue weighted by molar-refractivity contribution is 0.0673. The molecule has 1 unspecified atom stereocenters. The Morgan fingerprint density at radius 3 is 2.79 bits per heavy atom. The Morgan fingerprint density at radius 1 is 1.38 bits per heavy atom. The van der Waals surface area contributed by atoms with Gasteiger partial charge >= 0.3 is 0 Å². The van der Waals surface area contributed by atoms with E-state index >= 15 is 0 Å². The Labute approximate surface area is 141 Å². The quantitative estimate of drug-likeness (QED) is 0.833. The Bertz CT molecular complexity index is 806. The number of carbonyl (C=O) groups is 1. The zero-order valence-electron chi connectivity index (χ0n) is 14.1. The molecule has 3 rings (SSSR count). The van der Waals surface area contributed by atoms with Crippen molar-refractivity contribution in [3.8, 4) is 6.07 Å². The molecule has 0 N–H and O–H groups in total. The average molecular weight is 324 g/mol. The first-order chi connectivity index (χ1) is 11.5. The number of nitriles is 1. The number of amides is 1. The fourth-order valence-corrected chi connectivity index (χ4v) is 3.02. The van der Waals surface area contributed by atoms with Crippen molar-refractivity contribution in [3.63, 3.8) is 0 Å². The SMILES string of the molecule is Cc1ccc(C#N)c(N2CCN(C(=O)c3cnn(C)c3)C(C)C2)n1. The van der Waals surface area contributed by atoms with Crippen molar-refractivity contribution in [2.45, 2.75) is 19.9 Å². The monoisotopic (exact) mass is 324 g/mol. The third kappa shape index (κ3) is 2.95. The number of anilines is 1. The number of piperazine rings is 1. The van der Waals surface area contributed by atoms with Crippen molar-refractivity contribution >= 4 is 11.7 Å². The van der Waals surface area contributed by atoms with E-state index in [2.05, 4.69) is 21.1 Å². The summed E-state index contributed by atoms with van der Waals surface area (Å²) < 4.78 is 1.63. The molecule has 3 heterocycles. The van der Waals surface area contributed by atoms with E-state index in [9.17, 15) is 10.1 Å². The molecule has 1 fully saturated rings. The van der Waals surface area contributed by atoms with E-state index in [1.165, 1.54) is 0 Å². The Hall–Kier alpha value is -2.88. The van der Waals surface area contributed by atoms with Crippen LogP contribution in [-0.2, 0) is 7.05 Å². The molecule has 0 spiro atoms. The predicted octanol–water partition coefficient (Wildman–Crippen LogP) is 1.35. The van der Waals surface area contributed by atoms with E-state index in [-0.39, 0.29) is 11.9 Å². The molecule has 24 heavy (non-hydrogen) atoms. The molecule has 124 valence electrons. The van der Waals surface area contributed by atoms with Gasteiger partial charge in [0.05, 0.1) is 17.3 Å². The van der Waals surface area contributed by atoms with Crippen LogP contribution in [0.25, 0.3) is 0 Å². The standard InChI is InChI=1S/C17H20N6O/c1-12-4-5-14(8-18)16(20-12)22-6-7-23(13(2)10-22)17(24)15-9-19-21(3)11-15/h4-5,9,11,13H,6-7,10H2,1-3H3. The number of hydrogen-bond acceptors (Lipinski definition) is 5. The van der Waals surface area contributed by atoms with Crippen LogP contribution in [0.1, 0.15) is 28.5 Å². The number of aryl methyl sites for hydroxylation is 2. The maximum absolute atomic E-state index is 12.6. The van der Waals surface area contributed by atoms with Gasteiger partial charge in [-0.05, 0) is 26.0 Å². The fraction of sp³-hybridized carbons (Fsp3) is 0.412. The minimum Gasteiger partial charge on any atom is -0.352 e. The summed E-state index contributed by atoms with van der Waals surface area (Å²) in [6.07, 6.45) is 3.33. The summed E-state index contributed by atoms with van der Waals surface area (Å²) in [5.41, 5.74) is 2.05. The van der Waals surface area contributed by atoms with Crippen LogP contribution in [0.4, 0.5) is 5.82 Å². The molecule has 0 aliphatic carbocycles. The van der Waals surface area contributed by atoms with E-state index < -0.39 is 0 Å². The summed E-state index contributed by atoms with van der Waals surface area (Å²) in [4.78, 5) is 21.1. The number of carbonyl (C=O) groups excluding carboxylic acids is 1. The molecular weight excluding hydrogens is 304 g/mol. The molecule has 2 aromatic heterocycles. The lowest BCUT2D eigenvalue weighted by atomic mass is 10.1. The number of pyridine rings is 1. The third-order valence-electron chi connectivity index (χ3n) is 4.27. The molecule has 0 bridgehead atoms. The van der Waals surface area contributed by atoms with Gasteiger partial charge in [0.1, 0.15) is 11.9 Å². The van der Waals surface area contributed by atoms with Crippen molar-refractivity contribution in [1.29, 1.82) is 5.26 Å². The van der Waals surface area contributed by atoms with E-state index in [0.29, 0.717) is 36.6 Å². The number of nitrogens with zero attached hydrogens (tertiary/aromatic N) is 6. The van der Waals surface area contributed by atoms with Crippen LogP contribution in [0.15, 0.2) is 24.5 Å². The zero-order chi connectivity index (χ0) is 17.3. The third-order valence-corrected chi connectivity index (χ3v) is 4.27. The normalized spacial score (nSPS) is 17.7. The molecule has 0 radical (unpaired) electrons. The van der Waals surface area contributed by atoms with Gasteiger partial charge in [-0.3, -0.25) is 9.48 Å². The van der Waals surface area contributed by atoms with Gasteiger partial charge < -0.3 is 9.80 Å². The molecular formula is C17H20N6O. The highest BCUT2D eigenvalue weighted by atomic mass is 16.2. The minimum absolute atomic E-state index is 0.00652. The van der Waals surface area contributed by atoms with Crippen LogP contribution in [0, 0.1) is 18.3 Å². The number of aromatic nitrogens is 3. The van der Waals surface area contributed by atoms with E-state index in [1.54, 1.807) is 30.2 Å². The van der Waals surface area contributed by atoms with Crippen molar-refractivity contribution in [3.05, 3.63) is 41.3 Å². The summed E-state index contributed by atoms with van der Waals surface area (Å²) in [5, 5.41) is 13.4. The second kappa shape index (κ2) is 6.32. The lowest BCUT2D eigenvalue weighted by Gasteiger charge is -2.40. The maximum Gasteiger partial charge on any atom is 0.257 e. The van der Waals surface area contributed by atoms with Crippen molar-refractivity contribution < 1.29 is 4.79 Å². The van der Waals surface area contributed by atoms with Gasteiger partial charge in [-0.25, -0.2) is 4.98 Å². The molecule has 7 heteroatoms. The highest BCUT2D eigenvalue weighted by Gasteiger charge is 2.30. The predicted molar refractivity (Wildman–Crippen MR) is 89.6 cm³/mol. The molecule has 0 saturated carbocycles. The minimum atomic E-state index is -0.00652. The van der Waals surface area contributed by atoms with Crippen molar-refractivity contribution in [2.75, 3.05) is 24.5 Å². The van der Waals surface area contributed by atoms with Crippen molar-refractivity contribution in [2.24, 2.45) is 7.05 Å². The lowest BCUT2D eigenvalue weighted by Crippen LogP contribution is -2.54. The molecule has 1 saturated heterocycles. The summed E-state index contributed by atoms with van der Waals surface area (Å²) in [6.45, 7) is 5.83. The summed E-state index contributed by atoms with van der Waals surface area (Å²) in [7, 11) is 1.80. The first kappa shape index (κ1) is 16.0. The van der Waals surface area contributed by atoms with Crippen LogP contribution in [0.5, 0.6) is 0 Å². The number of rotatable bonds is 2. The van der Waals surface area contributed by atoms with Gasteiger partial charge in [-0.2, -0.15) is 10.4 Å². The highest BCUT2D eigenvalue weighted by molar-refractivity contribution is 5.94. The average Bonchev–Trinajstić information content (AvgIpc) is 3.00. The van der Waals surface area contributed by atoms with Crippen LogP contribution >= 0.6 is 0 Å². The molecule has 1 amide bonds. The molecule has 7 nitrogen and oxygen atoms in total. The smallest absolute Gasteiger partial charge is 0.257 e. The van der Waals surface area contributed by atoms with Crippen LogP contribution in [0.2, 0.25) is 0 Å². The number of hydrogen-bond donors (Lipinski definition) is 0. The molecule has 1 aliphatic rings. The second-order valence-electron chi connectivity index (χ2n) is 6.13. The van der Waals surface area contributed by atoms with E-state index in [1.807, 2.05) is 24.8 Å². The van der Waals surface area contributed by atoms with Gasteiger partial charge in [0.25, 0.3) is 5.91 Å². The second-order valence-corrected chi connectivity index (χ2v) is 6.13. The molecule has 0 aromatic carbocycles. The van der Waals surface area contributed by atoms with Gasteiger partial charge in [0.2, 0.25) is 0 Å².